The van der Waals surface area contributed by atoms with Gasteiger partial charge in [-0.1, -0.05) is 12.1 Å². The summed E-state index contributed by atoms with van der Waals surface area (Å²) in [5.41, 5.74) is 1.01. The molecule has 1 rings (SSSR count). The number of phenols is 1. The van der Waals surface area contributed by atoms with Crippen LogP contribution < -0.4 is 10.6 Å². The number of hydrogen-bond acceptors (Lipinski definition) is 3. The zero-order valence-electron chi connectivity index (χ0n) is 9.19. The topological polar surface area (TPSA) is 61.4 Å². The van der Waals surface area contributed by atoms with Crippen molar-refractivity contribution in [1.29, 1.82) is 0 Å². The molecule has 0 radical (unpaired) electrons. The first-order valence-electron chi connectivity index (χ1n) is 4.91. The molecule has 0 saturated carbocycles. The van der Waals surface area contributed by atoms with Gasteiger partial charge in [-0.05, 0) is 31.2 Å². The molecule has 1 amide bonds. The molecule has 0 heterocycles. The Morgan fingerprint density at radius 1 is 1.44 bits per heavy atom. The molecular weight excluding hydrogens is 228 g/mol. The fourth-order valence-electron chi connectivity index (χ4n) is 1.28. The molecule has 0 saturated heterocycles. The van der Waals surface area contributed by atoms with E-state index in [2.05, 4.69) is 10.6 Å². The number of halogens is 1. The number of likely N-dealkylation sites (N-methyl/N-ethyl adjacent to an activating group) is 1. The van der Waals surface area contributed by atoms with E-state index < -0.39 is 0 Å². The van der Waals surface area contributed by atoms with Crippen LogP contribution in [0.15, 0.2) is 24.3 Å². The number of carbonyl (C=O) groups excluding carboxylic acids is 1. The second-order valence-corrected chi connectivity index (χ2v) is 3.30. The second-order valence-electron chi connectivity index (χ2n) is 3.30. The molecule has 3 N–H and O–H groups in total. The number of phenolic OH excluding ortho intramolecular Hbond substituents is 1. The van der Waals surface area contributed by atoms with Crippen LogP contribution in [0.25, 0.3) is 0 Å². The van der Waals surface area contributed by atoms with Crippen LogP contribution in [-0.2, 0) is 11.2 Å². The molecule has 0 fully saturated rings. The van der Waals surface area contributed by atoms with Gasteiger partial charge in [-0.3, -0.25) is 4.79 Å². The van der Waals surface area contributed by atoms with Crippen LogP contribution in [0.3, 0.4) is 0 Å². The van der Waals surface area contributed by atoms with E-state index in [0.717, 1.165) is 12.0 Å². The standard InChI is InChI=1S/C11H16N2O2.ClH/c1-12-8-11(15)13-6-5-9-3-2-4-10(14)7-9;/h2-4,7,12,14H,5-6,8H2,1H3,(H,13,15);1H. The van der Waals surface area contributed by atoms with Crippen molar-refractivity contribution >= 4 is 18.3 Å². The Kier molecular flexibility index (Phi) is 7.33. The molecule has 1 aromatic carbocycles. The molecule has 0 aliphatic carbocycles. The highest BCUT2D eigenvalue weighted by Gasteiger charge is 1.98. The first-order chi connectivity index (χ1) is 7.22. The normalized spacial score (nSPS) is 9.31. The van der Waals surface area contributed by atoms with Gasteiger partial charge < -0.3 is 15.7 Å². The molecule has 0 bridgehead atoms. The lowest BCUT2D eigenvalue weighted by atomic mass is 10.1. The number of aromatic hydroxyl groups is 1. The third-order valence-corrected chi connectivity index (χ3v) is 1.98. The van der Waals surface area contributed by atoms with Gasteiger partial charge in [0.2, 0.25) is 5.91 Å². The first-order valence-corrected chi connectivity index (χ1v) is 4.91. The molecule has 0 spiro atoms. The first kappa shape index (κ1) is 14.7. The van der Waals surface area contributed by atoms with Gasteiger partial charge in [-0.2, -0.15) is 0 Å². The van der Waals surface area contributed by atoms with Gasteiger partial charge in [0.05, 0.1) is 6.54 Å². The van der Waals surface area contributed by atoms with Crippen LogP contribution >= 0.6 is 12.4 Å². The molecule has 0 unspecified atom stereocenters. The summed E-state index contributed by atoms with van der Waals surface area (Å²) in [6.45, 7) is 0.921. The molecule has 0 aromatic heterocycles. The Bertz CT molecular complexity index is 332. The zero-order valence-corrected chi connectivity index (χ0v) is 10.0. The van der Waals surface area contributed by atoms with Crippen LogP contribution in [0.4, 0.5) is 0 Å². The maximum atomic E-state index is 11.1. The summed E-state index contributed by atoms with van der Waals surface area (Å²) < 4.78 is 0. The Hall–Kier alpha value is -1.26. The molecule has 0 aliphatic heterocycles. The van der Waals surface area contributed by atoms with E-state index >= 15 is 0 Å². The smallest absolute Gasteiger partial charge is 0.233 e. The lowest BCUT2D eigenvalue weighted by Gasteiger charge is -2.04. The fourth-order valence-corrected chi connectivity index (χ4v) is 1.28. The number of carbonyl (C=O) groups is 1. The molecule has 0 aliphatic rings. The van der Waals surface area contributed by atoms with Gasteiger partial charge in [-0.25, -0.2) is 0 Å². The summed E-state index contributed by atoms with van der Waals surface area (Å²) in [6.07, 6.45) is 0.726. The Morgan fingerprint density at radius 2 is 2.19 bits per heavy atom. The average molecular weight is 245 g/mol. The van der Waals surface area contributed by atoms with Crippen molar-refractivity contribution in [1.82, 2.24) is 10.6 Å². The lowest BCUT2D eigenvalue weighted by molar-refractivity contribution is -0.120. The van der Waals surface area contributed by atoms with E-state index in [9.17, 15) is 9.90 Å². The third kappa shape index (κ3) is 5.58. The maximum absolute atomic E-state index is 11.1. The fraction of sp³-hybridized carbons (Fsp3) is 0.364. The summed E-state index contributed by atoms with van der Waals surface area (Å²) in [5, 5.41) is 14.8. The largest absolute Gasteiger partial charge is 0.508 e. The molecule has 90 valence electrons. The Labute approximate surface area is 101 Å². The number of benzene rings is 1. The Balaban J connectivity index is 0.00000225. The van der Waals surface area contributed by atoms with Crippen LogP contribution in [0.1, 0.15) is 5.56 Å². The predicted molar refractivity (Wildman–Crippen MR) is 66.0 cm³/mol. The van der Waals surface area contributed by atoms with Crippen LogP contribution in [0.2, 0.25) is 0 Å². The molecule has 1 aromatic rings. The number of hydrogen-bond donors (Lipinski definition) is 3. The van der Waals surface area contributed by atoms with E-state index in [1.54, 1.807) is 25.2 Å². The average Bonchev–Trinajstić information content (AvgIpc) is 2.18. The van der Waals surface area contributed by atoms with Gasteiger partial charge in [0.15, 0.2) is 0 Å². The summed E-state index contributed by atoms with van der Waals surface area (Å²) >= 11 is 0. The Morgan fingerprint density at radius 3 is 2.81 bits per heavy atom. The van der Waals surface area contributed by atoms with Crippen molar-refractivity contribution in [3.05, 3.63) is 29.8 Å². The number of amides is 1. The van der Waals surface area contributed by atoms with Crippen LogP contribution in [-0.4, -0.2) is 31.2 Å². The molecule has 4 nitrogen and oxygen atoms in total. The molecule has 16 heavy (non-hydrogen) atoms. The van der Waals surface area contributed by atoms with Crippen molar-refractivity contribution in [2.45, 2.75) is 6.42 Å². The number of rotatable bonds is 5. The van der Waals surface area contributed by atoms with Gasteiger partial charge in [0, 0.05) is 6.54 Å². The van der Waals surface area contributed by atoms with Crippen molar-refractivity contribution in [3.63, 3.8) is 0 Å². The monoisotopic (exact) mass is 244 g/mol. The summed E-state index contributed by atoms with van der Waals surface area (Å²) in [5.74, 6) is 0.242. The van der Waals surface area contributed by atoms with Crippen molar-refractivity contribution in [3.8, 4) is 5.75 Å². The van der Waals surface area contributed by atoms with Crippen LogP contribution in [0, 0.1) is 0 Å². The quantitative estimate of drug-likeness (QED) is 0.714. The van der Waals surface area contributed by atoms with Crippen LogP contribution in [0.5, 0.6) is 5.75 Å². The number of nitrogens with one attached hydrogen (secondary N) is 2. The van der Waals surface area contributed by atoms with Gasteiger partial charge in [0.25, 0.3) is 0 Å². The van der Waals surface area contributed by atoms with Crippen molar-refractivity contribution < 1.29 is 9.90 Å². The summed E-state index contributed by atoms with van der Waals surface area (Å²) in [7, 11) is 1.73. The second kappa shape index (κ2) is 7.96. The lowest BCUT2D eigenvalue weighted by Crippen LogP contribution is -2.33. The van der Waals surface area contributed by atoms with E-state index in [0.29, 0.717) is 13.1 Å². The predicted octanol–water partition coefficient (Wildman–Crippen LogP) is 0.692. The maximum Gasteiger partial charge on any atom is 0.233 e. The van der Waals surface area contributed by atoms with E-state index in [-0.39, 0.29) is 24.1 Å². The van der Waals surface area contributed by atoms with Crippen molar-refractivity contribution in [2.24, 2.45) is 0 Å². The van der Waals surface area contributed by atoms with Crippen molar-refractivity contribution in [2.75, 3.05) is 20.1 Å². The van der Waals surface area contributed by atoms with E-state index in [1.165, 1.54) is 0 Å². The van der Waals surface area contributed by atoms with E-state index in [1.807, 2.05) is 6.07 Å². The highest BCUT2D eigenvalue weighted by Crippen LogP contribution is 2.10. The van der Waals surface area contributed by atoms with Gasteiger partial charge in [-0.15, -0.1) is 12.4 Å². The summed E-state index contributed by atoms with van der Waals surface area (Å²) in [6, 6.07) is 7.04. The highest BCUT2D eigenvalue weighted by atomic mass is 35.5. The van der Waals surface area contributed by atoms with E-state index in [4.69, 9.17) is 0 Å². The summed E-state index contributed by atoms with van der Waals surface area (Å²) in [4.78, 5) is 11.1. The minimum atomic E-state index is -0.0161. The van der Waals surface area contributed by atoms with Gasteiger partial charge in [0.1, 0.15) is 5.75 Å². The minimum absolute atomic E-state index is 0. The molecular formula is C11H17ClN2O2. The minimum Gasteiger partial charge on any atom is -0.508 e. The SMILES string of the molecule is CNCC(=O)NCCc1cccc(O)c1.Cl. The van der Waals surface area contributed by atoms with Gasteiger partial charge >= 0.3 is 0 Å². The third-order valence-electron chi connectivity index (χ3n) is 1.98. The molecule has 5 heteroatoms. The molecule has 0 atom stereocenters. The zero-order chi connectivity index (χ0) is 11.1. The highest BCUT2D eigenvalue weighted by molar-refractivity contribution is 5.85.